The van der Waals surface area contributed by atoms with Crippen LogP contribution in [0.15, 0.2) is 152 Å². The molecular formula is C48H50O11. The second-order valence-corrected chi connectivity index (χ2v) is 14.4. The zero-order chi connectivity index (χ0) is 40.7. The quantitative estimate of drug-likeness (QED) is 0.0811. The summed E-state index contributed by atoms with van der Waals surface area (Å²) < 4.78 is 57.1. The van der Waals surface area contributed by atoms with Crippen LogP contribution in [0.3, 0.4) is 0 Å². The minimum atomic E-state index is -0.830. The first-order valence-electron chi connectivity index (χ1n) is 19.9. The van der Waals surface area contributed by atoms with Crippen molar-refractivity contribution in [3.8, 4) is 0 Å². The smallest absolute Gasteiger partial charge is 0.338 e. The van der Waals surface area contributed by atoms with Crippen LogP contribution in [-0.2, 0) is 62.5 Å². The van der Waals surface area contributed by atoms with Gasteiger partial charge in [0.1, 0.15) is 43.2 Å². The van der Waals surface area contributed by atoms with Crippen molar-refractivity contribution >= 4 is 11.9 Å². The molecule has 5 aromatic carbocycles. The summed E-state index contributed by atoms with van der Waals surface area (Å²) in [5.41, 5.74) is 3.76. The fraction of sp³-hybridized carbons (Fsp3) is 0.333. The molecule has 2 saturated heterocycles. The lowest BCUT2D eigenvalue weighted by Gasteiger charge is -2.46. The molecule has 7 rings (SSSR count). The number of hydrogen-bond donors (Lipinski definition) is 0. The lowest BCUT2D eigenvalue weighted by atomic mass is 9.97. The first kappa shape index (κ1) is 41.9. The maximum Gasteiger partial charge on any atom is 0.338 e. The molecule has 308 valence electrons. The predicted molar refractivity (Wildman–Crippen MR) is 217 cm³/mol. The van der Waals surface area contributed by atoms with Crippen LogP contribution in [0.1, 0.15) is 50.2 Å². The number of benzene rings is 5. The molecule has 8 atom stereocenters. The fourth-order valence-electron chi connectivity index (χ4n) is 7.11. The summed E-state index contributed by atoms with van der Waals surface area (Å²) in [6, 6.07) is 47.1. The average molecular weight is 803 g/mol. The Labute approximate surface area is 345 Å². The van der Waals surface area contributed by atoms with Crippen molar-refractivity contribution in [3.63, 3.8) is 0 Å². The SMILES string of the molecule is CO[C@H]1O[C@H](CO[C@H]2CC[C@@H](OC(=O)c3ccccc3)[C@@H](COC(=O)c3ccccc3)O2)[C@@H](OCc2ccccc2)[C@H](OCc2ccccc2)[C@H]1OCc1ccccc1. The molecule has 2 heterocycles. The normalized spacial score (nSPS) is 24.2. The van der Waals surface area contributed by atoms with Crippen LogP contribution in [0.4, 0.5) is 0 Å². The number of methoxy groups -OCH3 is 1. The maximum atomic E-state index is 13.1. The molecule has 0 aromatic heterocycles. The number of hydrogen-bond acceptors (Lipinski definition) is 11. The van der Waals surface area contributed by atoms with Crippen molar-refractivity contribution in [3.05, 3.63) is 179 Å². The zero-order valence-electron chi connectivity index (χ0n) is 33.0. The van der Waals surface area contributed by atoms with Crippen LogP contribution in [0.5, 0.6) is 0 Å². The Bertz CT molecular complexity index is 1980. The number of ether oxygens (including phenoxy) is 9. The van der Waals surface area contributed by atoms with Gasteiger partial charge in [0.15, 0.2) is 12.6 Å². The Balaban J connectivity index is 1.09. The number of esters is 2. The van der Waals surface area contributed by atoms with Crippen molar-refractivity contribution in [2.45, 2.75) is 81.9 Å². The van der Waals surface area contributed by atoms with E-state index in [1.807, 2.05) is 103 Å². The van der Waals surface area contributed by atoms with Gasteiger partial charge in [-0.25, -0.2) is 9.59 Å². The standard InChI is InChI=1S/C48H50O11/c1-51-48-45(55-31-36-21-11-4-12-22-36)44(54-30-35-19-9-3-10-20-35)43(53-29-34-17-7-2-8-18-34)41(59-48)33-52-42-28-27-39(58-47(50)38-25-15-6-16-26-38)40(57-42)32-56-46(49)37-23-13-5-14-24-37/h2-26,39-45,48H,27-33H2,1H3/t39-,40-,41-,42-,43-,44+,45-,48+/m1/s1. The minimum absolute atomic E-state index is 0.0333. The van der Waals surface area contributed by atoms with E-state index in [4.69, 9.17) is 42.6 Å². The molecule has 0 saturated carbocycles. The van der Waals surface area contributed by atoms with E-state index in [9.17, 15) is 9.59 Å². The van der Waals surface area contributed by atoms with E-state index in [-0.39, 0.29) is 19.8 Å². The molecule has 5 aromatic rings. The van der Waals surface area contributed by atoms with E-state index in [1.165, 1.54) is 0 Å². The average Bonchev–Trinajstić information content (AvgIpc) is 3.30. The molecule has 2 fully saturated rings. The topological polar surface area (TPSA) is 117 Å². The van der Waals surface area contributed by atoms with Gasteiger partial charge in [-0.1, -0.05) is 127 Å². The van der Waals surface area contributed by atoms with Crippen LogP contribution >= 0.6 is 0 Å². The number of rotatable bonds is 18. The maximum absolute atomic E-state index is 13.1. The van der Waals surface area contributed by atoms with Gasteiger partial charge in [0.05, 0.1) is 37.6 Å². The molecule has 0 amide bonds. The summed E-state index contributed by atoms with van der Waals surface area (Å²) in [4.78, 5) is 26.1. The summed E-state index contributed by atoms with van der Waals surface area (Å²) in [5, 5.41) is 0. The predicted octanol–water partition coefficient (Wildman–Crippen LogP) is 7.72. The lowest BCUT2D eigenvalue weighted by Crippen LogP contribution is -2.61. The highest BCUT2D eigenvalue weighted by molar-refractivity contribution is 5.90. The van der Waals surface area contributed by atoms with Gasteiger partial charge in [0, 0.05) is 13.5 Å². The monoisotopic (exact) mass is 802 g/mol. The Morgan fingerprint density at radius 3 is 1.51 bits per heavy atom. The van der Waals surface area contributed by atoms with Gasteiger partial charge < -0.3 is 42.6 Å². The van der Waals surface area contributed by atoms with Crippen molar-refractivity contribution in [2.75, 3.05) is 20.3 Å². The van der Waals surface area contributed by atoms with Gasteiger partial charge >= 0.3 is 11.9 Å². The van der Waals surface area contributed by atoms with Gasteiger partial charge in [-0.2, -0.15) is 0 Å². The van der Waals surface area contributed by atoms with Crippen molar-refractivity contribution in [1.29, 1.82) is 0 Å². The van der Waals surface area contributed by atoms with Gasteiger partial charge in [0.2, 0.25) is 0 Å². The second-order valence-electron chi connectivity index (χ2n) is 14.4. The Morgan fingerprint density at radius 2 is 0.983 bits per heavy atom. The molecule has 11 heteroatoms. The van der Waals surface area contributed by atoms with Gasteiger partial charge in [-0.3, -0.25) is 0 Å². The molecule has 11 nitrogen and oxygen atoms in total. The molecule has 0 spiro atoms. The number of carbonyl (C=O) groups is 2. The molecular weight excluding hydrogens is 753 g/mol. The van der Waals surface area contributed by atoms with Gasteiger partial charge in [-0.05, 0) is 47.4 Å². The first-order chi connectivity index (χ1) is 29.0. The Morgan fingerprint density at radius 1 is 0.508 bits per heavy atom. The van der Waals surface area contributed by atoms with Crippen LogP contribution < -0.4 is 0 Å². The van der Waals surface area contributed by atoms with Crippen LogP contribution in [0, 0.1) is 0 Å². The van der Waals surface area contributed by atoms with E-state index in [1.54, 1.807) is 55.6 Å². The summed E-state index contributed by atoms with van der Waals surface area (Å²) >= 11 is 0. The highest BCUT2D eigenvalue weighted by Gasteiger charge is 2.49. The second kappa shape index (κ2) is 21.7. The highest BCUT2D eigenvalue weighted by Crippen LogP contribution is 2.32. The molecule has 59 heavy (non-hydrogen) atoms. The molecule has 0 bridgehead atoms. The van der Waals surface area contributed by atoms with E-state index in [0.717, 1.165) is 16.7 Å². The van der Waals surface area contributed by atoms with Crippen molar-refractivity contribution < 1.29 is 52.2 Å². The molecule has 2 aliphatic heterocycles. The van der Waals surface area contributed by atoms with Crippen LogP contribution in [0.25, 0.3) is 0 Å². The van der Waals surface area contributed by atoms with Gasteiger partial charge in [0.25, 0.3) is 0 Å². The number of carbonyl (C=O) groups excluding carboxylic acids is 2. The largest absolute Gasteiger partial charge is 0.459 e. The third-order valence-corrected chi connectivity index (χ3v) is 10.2. The van der Waals surface area contributed by atoms with Crippen LogP contribution in [0.2, 0.25) is 0 Å². The molecule has 0 radical (unpaired) electrons. The summed E-state index contributed by atoms with van der Waals surface area (Å²) in [6.07, 6.45) is -4.97. The van der Waals surface area contributed by atoms with E-state index in [2.05, 4.69) is 0 Å². The highest BCUT2D eigenvalue weighted by atomic mass is 16.7. The Hall–Kier alpha value is -5.24. The molecule has 2 aliphatic rings. The zero-order valence-corrected chi connectivity index (χ0v) is 33.0. The van der Waals surface area contributed by atoms with Crippen molar-refractivity contribution in [2.24, 2.45) is 0 Å². The van der Waals surface area contributed by atoms with E-state index >= 15 is 0 Å². The summed E-state index contributed by atoms with van der Waals surface area (Å²) in [5.74, 6) is -1.02. The van der Waals surface area contributed by atoms with Crippen LogP contribution in [-0.4, -0.2) is 81.5 Å². The van der Waals surface area contributed by atoms with E-state index < -0.39 is 61.1 Å². The Kier molecular flexibility index (Phi) is 15.4. The third-order valence-electron chi connectivity index (χ3n) is 10.2. The van der Waals surface area contributed by atoms with E-state index in [0.29, 0.717) is 37.2 Å². The summed E-state index contributed by atoms with van der Waals surface area (Å²) in [7, 11) is 1.57. The lowest BCUT2D eigenvalue weighted by molar-refractivity contribution is -0.330. The molecule has 0 aliphatic carbocycles. The minimum Gasteiger partial charge on any atom is -0.459 e. The summed E-state index contributed by atoms with van der Waals surface area (Å²) in [6.45, 7) is 0.748. The molecule has 0 unspecified atom stereocenters. The van der Waals surface area contributed by atoms with Crippen molar-refractivity contribution in [1.82, 2.24) is 0 Å². The third kappa shape index (κ3) is 11.9. The fourth-order valence-corrected chi connectivity index (χ4v) is 7.11. The molecule has 0 N–H and O–H groups in total. The van der Waals surface area contributed by atoms with Gasteiger partial charge in [-0.15, -0.1) is 0 Å². The first-order valence-corrected chi connectivity index (χ1v) is 19.9.